The molecule has 1 unspecified atom stereocenters. The van der Waals surface area contributed by atoms with Gasteiger partial charge in [-0.05, 0) is 30.2 Å². The summed E-state index contributed by atoms with van der Waals surface area (Å²) < 4.78 is 0. The minimum Gasteiger partial charge on any atom is -0.385 e. The molecule has 3 nitrogen and oxygen atoms in total. The maximum Gasteiger partial charge on any atom is 0.101 e. The van der Waals surface area contributed by atoms with Crippen LogP contribution in [0.2, 0.25) is 5.02 Å². The first kappa shape index (κ1) is 14.4. The standard InChI is InChI=1S/C16H16ClN3/c17-15-10-14(7-6-13(15)11-18)20-9-8-16(19)12-4-2-1-3-5-12/h1-7,10,16,20H,8-9,19H2. The summed E-state index contributed by atoms with van der Waals surface area (Å²) in [5, 5.41) is 12.5. The van der Waals surface area contributed by atoms with E-state index >= 15 is 0 Å². The van der Waals surface area contributed by atoms with E-state index in [1.54, 1.807) is 12.1 Å². The molecular weight excluding hydrogens is 270 g/mol. The van der Waals surface area contributed by atoms with Crippen molar-refractivity contribution in [3.05, 3.63) is 64.7 Å². The fourth-order valence-corrected chi connectivity index (χ4v) is 2.18. The lowest BCUT2D eigenvalue weighted by molar-refractivity contribution is 0.675. The Morgan fingerprint density at radius 1 is 1.20 bits per heavy atom. The quantitative estimate of drug-likeness (QED) is 0.880. The lowest BCUT2D eigenvalue weighted by Gasteiger charge is -2.13. The summed E-state index contributed by atoms with van der Waals surface area (Å²) in [6, 6.07) is 17.4. The van der Waals surface area contributed by atoms with Crippen molar-refractivity contribution < 1.29 is 0 Å². The second-order valence-electron chi connectivity index (χ2n) is 4.54. The van der Waals surface area contributed by atoms with Crippen molar-refractivity contribution in [2.75, 3.05) is 11.9 Å². The molecule has 0 saturated carbocycles. The minimum absolute atomic E-state index is 0.0116. The van der Waals surface area contributed by atoms with E-state index in [0.29, 0.717) is 10.6 Å². The normalized spacial score (nSPS) is 11.7. The van der Waals surface area contributed by atoms with Crippen LogP contribution in [0.25, 0.3) is 0 Å². The summed E-state index contributed by atoms with van der Waals surface area (Å²) in [6.07, 6.45) is 0.821. The lowest BCUT2D eigenvalue weighted by Crippen LogP contribution is -2.15. The molecule has 2 aromatic rings. The molecule has 0 aromatic heterocycles. The molecule has 0 amide bonds. The number of rotatable bonds is 5. The molecule has 0 aliphatic rings. The number of nitrogens with two attached hydrogens (primary N) is 1. The highest BCUT2D eigenvalue weighted by molar-refractivity contribution is 6.32. The Hall–Kier alpha value is -2.02. The van der Waals surface area contributed by atoms with Crippen molar-refractivity contribution in [3.8, 4) is 6.07 Å². The Kier molecular flexibility index (Phi) is 5.00. The topological polar surface area (TPSA) is 61.8 Å². The average Bonchev–Trinajstić information content (AvgIpc) is 2.48. The van der Waals surface area contributed by atoms with Crippen molar-refractivity contribution in [2.45, 2.75) is 12.5 Å². The second kappa shape index (κ2) is 6.95. The van der Waals surface area contributed by atoms with E-state index in [9.17, 15) is 0 Å². The third kappa shape index (κ3) is 3.74. The number of nitrogens with zero attached hydrogens (tertiary/aromatic N) is 1. The zero-order chi connectivity index (χ0) is 14.4. The number of hydrogen-bond donors (Lipinski definition) is 2. The molecule has 20 heavy (non-hydrogen) atoms. The van der Waals surface area contributed by atoms with Gasteiger partial charge in [-0.1, -0.05) is 41.9 Å². The maximum atomic E-state index is 8.81. The van der Waals surface area contributed by atoms with Gasteiger partial charge in [-0.25, -0.2) is 0 Å². The van der Waals surface area contributed by atoms with Gasteiger partial charge in [-0.3, -0.25) is 0 Å². The third-order valence-corrected chi connectivity index (χ3v) is 3.41. The fourth-order valence-electron chi connectivity index (χ4n) is 1.95. The Balaban J connectivity index is 1.87. The smallest absolute Gasteiger partial charge is 0.101 e. The zero-order valence-corrected chi connectivity index (χ0v) is 11.8. The van der Waals surface area contributed by atoms with Crippen LogP contribution in [0.1, 0.15) is 23.6 Å². The van der Waals surface area contributed by atoms with E-state index in [2.05, 4.69) is 5.32 Å². The predicted molar refractivity (Wildman–Crippen MR) is 82.6 cm³/mol. The molecule has 0 aliphatic heterocycles. The Morgan fingerprint density at radius 3 is 2.60 bits per heavy atom. The van der Waals surface area contributed by atoms with Crippen LogP contribution in [-0.4, -0.2) is 6.54 Å². The molecule has 0 fully saturated rings. The molecule has 0 spiro atoms. The van der Waals surface area contributed by atoms with E-state index in [4.69, 9.17) is 22.6 Å². The predicted octanol–water partition coefficient (Wildman–Crippen LogP) is 3.71. The number of hydrogen-bond acceptors (Lipinski definition) is 3. The van der Waals surface area contributed by atoms with Crippen LogP contribution in [-0.2, 0) is 0 Å². The number of halogens is 1. The monoisotopic (exact) mass is 285 g/mol. The largest absolute Gasteiger partial charge is 0.385 e. The van der Waals surface area contributed by atoms with Gasteiger partial charge in [0.05, 0.1) is 10.6 Å². The van der Waals surface area contributed by atoms with E-state index in [0.717, 1.165) is 24.2 Å². The van der Waals surface area contributed by atoms with Crippen LogP contribution in [0.4, 0.5) is 5.69 Å². The van der Waals surface area contributed by atoms with Gasteiger partial charge in [0.15, 0.2) is 0 Å². The van der Waals surface area contributed by atoms with E-state index in [1.807, 2.05) is 42.5 Å². The van der Waals surface area contributed by atoms with Crippen molar-refractivity contribution in [2.24, 2.45) is 5.73 Å². The van der Waals surface area contributed by atoms with Crippen molar-refractivity contribution in [1.82, 2.24) is 0 Å². The molecule has 4 heteroatoms. The lowest BCUT2D eigenvalue weighted by atomic mass is 10.1. The molecule has 0 aliphatic carbocycles. The van der Waals surface area contributed by atoms with Crippen LogP contribution in [0.3, 0.4) is 0 Å². The third-order valence-electron chi connectivity index (χ3n) is 3.10. The molecule has 0 bridgehead atoms. The van der Waals surface area contributed by atoms with Gasteiger partial charge in [0.2, 0.25) is 0 Å². The highest BCUT2D eigenvalue weighted by Crippen LogP contribution is 2.20. The van der Waals surface area contributed by atoms with Crippen LogP contribution < -0.4 is 11.1 Å². The SMILES string of the molecule is N#Cc1ccc(NCCC(N)c2ccccc2)cc1Cl. The number of anilines is 1. The van der Waals surface area contributed by atoms with Gasteiger partial charge in [-0.2, -0.15) is 5.26 Å². The molecule has 0 saturated heterocycles. The van der Waals surface area contributed by atoms with Crippen LogP contribution in [0.15, 0.2) is 48.5 Å². The Labute approximate surface area is 124 Å². The van der Waals surface area contributed by atoms with Gasteiger partial charge in [0.1, 0.15) is 6.07 Å². The molecule has 0 radical (unpaired) electrons. The van der Waals surface area contributed by atoms with Crippen molar-refractivity contribution in [1.29, 1.82) is 5.26 Å². The van der Waals surface area contributed by atoms with Gasteiger partial charge in [0, 0.05) is 18.3 Å². The fraction of sp³-hybridized carbons (Fsp3) is 0.188. The van der Waals surface area contributed by atoms with Gasteiger partial charge in [0.25, 0.3) is 0 Å². The number of benzene rings is 2. The minimum atomic E-state index is 0.0116. The van der Waals surface area contributed by atoms with Gasteiger partial charge in [-0.15, -0.1) is 0 Å². The first-order chi connectivity index (χ1) is 9.70. The first-order valence-corrected chi connectivity index (χ1v) is 6.82. The molecule has 0 heterocycles. The number of nitriles is 1. The van der Waals surface area contributed by atoms with Gasteiger partial charge >= 0.3 is 0 Å². The van der Waals surface area contributed by atoms with E-state index in [-0.39, 0.29) is 6.04 Å². The molecule has 2 aromatic carbocycles. The van der Waals surface area contributed by atoms with Gasteiger partial charge < -0.3 is 11.1 Å². The highest BCUT2D eigenvalue weighted by Gasteiger charge is 2.05. The van der Waals surface area contributed by atoms with E-state index < -0.39 is 0 Å². The van der Waals surface area contributed by atoms with Crippen molar-refractivity contribution >= 4 is 17.3 Å². The summed E-state index contributed by atoms with van der Waals surface area (Å²) in [7, 11) is 0. The molecule has 1 atom stereocenters. The summed E-state index contributed by atoms with van der Waals surface area (Å²) in [5.41, 5.74) is 8.64. The van der Waals surface area contributed by atoms with Crippen LogP contribution in [0, 0.1) is 11.3 Å². The molecule has 2 rings (SSSR count). The molecule has 3 N–H and O–H groups in total. The number of nitrogens with one attached hydrogen (secondary N) is 1. The van der Waals surface area contributed by atoms with Crippen molar-refractivity contribution in [3.63, 3.8) is 0 Å². The first-order valence-electron chi connectivity index (χ1n) is 6.45. The summed E-state index contributed by atoms with van der Waals surface area (Å²) in [6.45, 7) is 0.748. The molecular formula is C16H16ClN3. The van der Waals surface area contributed by atoms with Crippen LogP contribution in [0.5, 0.6) is 0 Å². The maximum absolute atomic E-state index is 8.81. The zero-order valence-electron chi connectivity index (χ0n) is 11.0. The summed E-state index contributed by atoms with van der Waals surface area (Å²) in [5.74, 6) is 0. The van der Waals surface area contributed by atoms with E-state index in [1.165, 1.54) is 0 Å². The second-order valence-corrected chi connectivity index (χ2v) is 4.95. The highest BCUT2D eigenvalue weighted by atomic mass is 35.5. The van der Waals surface area contributed by atoms with Crippen LogP contribution >= 0.6 is 11.6 Å². The molecule has 102 valence electrons. The summed E-state index contributed by atoms with van der Waals surface area (Å²) in [4.78, 5) is 0. The Morgan fingerprint density at radius 2 is 1.95 bits per heavy atom. The Bertz CT molecular complexity index is 605. The summed E-state index contributed by atoms with van der Waals surface area (Å²) >= 11 is 5.98. The average molecular weight is 286 g/mol.